The van der Waals surface area contributed by atoms with E-state index in [-0.39, 0.29) is 18.9 Å². The summed E-state index contributed by atoms with van der Waals surface area (Å²) in [5.74, 6) is -0.260. The molecule has 0 saturated carbocycles. The minimum atomic E-state index is -1.98. The average molecular weight is 1370 g/mol. The molecule has 0 aromatic heterocycles. The molecule has 0 radical (unpaired) electrons. The maximum absolute atomic E-state index is 13.5. The second-order valence-electron chi connectivity index (χ2n) is 27.4. The molecule has 0 aromatic rings. The number of rotatable bonds is 60. The Morgan fingerprint density at radius 2 is 0.719 bits per heavy atom. The van der Waals surface area contributed by atoms with Gasteiger partial charge in [-0.15, -0.1) is 0 Å². The Hall–Kier alpha value is -2.51. The van der Waals surface area contributed by atoms with Crippen molar-refractivity contribution in [3.05, 3.63) is 60.8 Å². The minimum Gasteiger partial charge on any atom is -0.394 e. The Bertz CT molecular complexity index is 1970. The van der Waals surface area contributed by atoms with Crippen LogP contribution in [0.1, 0.15) is 290 Å². The van der Waals surface area contributed by atoms with E-state index in [9.17, 15) is 61.0 Å². The molecule has 17 atom stereocenters. The number of carbonyl (C=O) groups excluding carboxylic acids is 1. The fraction of sp³-hybridized carbons (Fsp3) is 0.857. The number of carbonyl (C=O) groups is 1. The Balaban J connectivity index is 1.39. The SMILES string of the molecule is CC/C=C\C/C=C\C/C=C\C/C=C\C/C=C\CCCCCCCC(=O)NC(COC1OC(CO)C(OC2OC(CO)C(OC3OC(CO)C(O)C(O)C3O)C(O)C2O)C(O)C1O)C(O)CCCCCCCCCCCCCCCCCCCCCCCCCCCCCCCC. The number of ether oxygens (including phenoxy) is 6. The third-order valence-electron chi connectivity index (χ3n) is 19.1. The van der Waals surface area contributed by atoms with Crippen LogP contribution in [0.3, 0.4) is 0 Å². The maximum atomic E-state index is 13.5. The van der Waals surface area contributed by atoms with Crippen LogP contribution < -0.4 is 5.32 Å². The van der Waals surface area contributed by atoms with Crippen LogP contribution in [-0.2, 0) is 33.2 Å². The van der Waals surface area contributed by atoms with E-state index in [0.717, 1.165) is 89.9 Å². The number of hydrogen-bond donors (Lipinski definition) is 12. The molecule has 3 rings (SSSR count). The van der Waals surface area contributed by atoms with Crippen molar-refractivity contribution in [1.82, 2.24) is 5.32 Å². The summed E-state index contributed by atoms with van der Waals surface area (Å²) in [6.45, 7) is 1.70. The summed E-state index contributed by atoms with van der Waals surface area (Å²) in [6.07, 6.45) is 45.9. The lowest BCUT2D eigenvalue weighted by atomic mass is 9.96. The van der Waals surface area contributed by atoms with E-state index < -0.39 is 124 Å². The quantitative estimate of drug-likeness (QED) is 0.0199. The van der Waals surface area contributed by atoms with E-state index in [4.69, 9.17) is 28.4 Å². The molecule has 0 aromatic carbocycles. The van der Waals surface area contributed by atoms with Crippen molar-refractivity contribution < 1.29 is 89.4 Å². The maximum Gasteiger partial charge on any atom is 0.220 e. The Morgan fingerprint density at radius 1 is 0.385 bits per heavy atom. The summed E-state index contributed by atoms with van der Waals surface area (Å²) < 4.78 is 34.5. The second-order valence-corrected chi connectivity index (χ2v) is 27.4. The summed E-state index contributed by atoms with van der Waals surface area (Å²) in [4.78, 5) is 13.5. The highest BCUT2D eigenvalue weighted by atomic mass is 16.8. The molecule has 0 bridgehead atoms. The summed E-state index contributed by atoms with van der Waals surface area (Å²) in [7, 11) is 0. The smallest absolute Gasteiger partial charge is 0.220 e. The van der Waals surface area contributed by atoms with E-state index in [2.05, 4.69) is 79.9 Å². The van der Waals surface area contributed by atoms with Gasteiger partial charge in [-0.25, -0.2) is 0 Å². The molecule has 1 amide bonds. The fourth-order valence-corrected chi connectivity index (χ4v) is 12.9. The molecule has 0 aliphatic carbocycles. The van der Waals surface area contributed by atoms with Gasteiger partial charge in [-0.2, -0.15) is 0 Å². The molecule has 560 valence electrons. The number of nitrogens with one attached hydrogen (secondary N) is 1. The standard InChI is InChI=1S/C77H139NO18/c1-3-5-7-9-11-13-15-17-19-21-23-25-26-27-28-29-30-31-32-33-35-36-38-40-42-44-46-48-50-52-54-61(82)60(78-65(83)55-53-51-49-47-45-43-41-39-37-34-24-22-20-18-16-14-12-10-8-6-4-2)59-91-75-71(89)68(86)73(63(57-80)93-75)96-77-72(90)69(87)74(64(58-81)94-77)95-76-70(88)67(85)66(84)62(56-79)92-76/h6,8,12,14,18,20,24,34,39,41,60-64,66-77,79-82,84-90H,3-5,7,9-11,13,15-17,19,21-23,25-33,35-38,40,42-59H2,1-2H3,(H,78,83)/b8-6-,14-12-,20-18-,34-24-,41-39-. The van der Waals surface area contributed by atoms with E-state index in [1.54, 1.807) is 0 Å². The first-order valence-corrected chi connectivity index (χ1v) is 38.5. The van der Waals surface area contributed by atoms with Crippen LogP contribution in [-0.4, -0.2) is 193 Å². The second kappa shape index (κ2) is 58.0. The van der Waals surface area contributed by atoms with Crippen molar-refractivity contribution in [1.29, 1.82) is 0 Å². The molecule has 12 N–H and O–H groups in total. The Morgan fingerprint density at radius 3 is 1.12 bits per heavy atom. The molecule has 19 nitrogen and oxygen atoms in total. The van der Waals surface area contributed by atoms with Gasteiger partial charge in [0.1, 0.15) is 73.2 Å². The zero-order chi connectivity index (χ0) is 69.6. The number of aliphatic hydroxyl groups excluding tert-OH is 11. The first-order valence-electron chi connectivity index (χ1n) is 38.5. The molecule has 17 unspecified atom stereocenters. The largest absolute Gasteiger partial charge is 0.394 e. The third kappa shape index (κ3) is 38.5. The molecule has 3 heterocycles. The zero-order valence-electron chi connectivity index (χ0n) is 59.6. The monoisotopic (exact) mass is 1370 g/mol. The van der Waals surface area contributed by atoms with Crippen molar-refractivity contribution in [2.45, 2.75) is 394 Å². The molecule has 3 fully saturated rings. The van der Waals surface area contributed by atoms with Gasteiger partial charge in [0.2, 0.25) is 5.91 Å². The molecule has 96 heavy (non-hydrogen) atoms. The van der Waals surface area contributed by atoms with Gasteiger partial charge in [0, 0.05) is 6.42 Å². The predicted octanol–water partition coefficient (Wildman–Crippen LogP) is 11.9. The van der Waals surface area contributed by atoms with E-state index in [1.165, 1.54) is 167 Å². The van der Waals surface area contributed by atoms with Gasteiger partial charge >= 0.3 is 0 Å². The topological polar surface area (TPSA) is 307 Å². The van der Waals surface area contributed by atoms with Crippen molar-refractivity contribution in [3.63, 3.8) is 0 Å². The van der Waals surface area contributed by atoms with Crippen LogP contribution in [0.25, 0.3) is 0 Å². The van der Waals surface area contributed by atoms with Crippen molar-refractivity contribution in [2.24, 2.45) is 0 Å². The molecule has 19 heteroatoms. The van der Waals surface area contributed by atoms with Crippen LogP contribution in [0.4, 0.5) is 0 Å². The van der Waals surface area contributed by atoms with Crippen molar-refractivity contribution >= 4 is 5.91 Å². The molecule has 3 aliphatic heterocycles. The number of unbranched alkanes of at least 4 members (excludes halogenated alkanes) is 34. The lowest BCUT2D eigenvalue weighted by molar-refractivity contribution is -0.379. The first-order chi connectivity index (χ1) is 46.8. The summed E-state index contributed by atoms with van der Waals surface area (Å²) >= 11 is 0. The van der Waals surface area contributed by atoms with Crippen LogP contribution >= 0.6 is 0 Å². The van der Waals surface area contributed by atoms with Gasteiger partial charge in [0.25, 0.3) is 0 Å². The highest BCUT2D eigenvalue weighted by molar-refractivity contribution is 5.76. The molecular weight excluding hydrogens is 1230 g/mol. The van der Waals surface area contributed by atoms with E-state index >= 15 is 0 Å². The lowest BCUT2D eigenvalue weighted by Crippen LogP contribution is -2.66. The molecule has 3 saturated heterocycles. The molecule has 3 aliphatic rings. The molecular formula is C77H139NO18. The minimum absolute atomic E-state index is 0.242. The van der Waals surface area contributed by atoms with Crippen LogP contribution in [0.5, 0.6) is 0 Å². The van der Waals surface area contributed by atoms with Crippen LogP contribution in [0, 0.1) is 0 Å². The van der Waals surface area contributed by atoms with Gasteiger partial charge < -0.3 is 89.9 Å². The normalized spacial score (nSPS) is 27.4. The van der Waals surface area contributed by atoms with Crippen molar-refractivity contribution in [3.8, 4) is 0 Å². The first kappa shape index (κ1) is 87.7. The summed E-state index contributed by atoms with van der Waals surface area (Å²) in [6, 6.07) is -0.903. The average Bonchev–Trinajstić information content (AvgIpc) is 0.785. The summed E-state index contributed by atoms with van der Waals surface area (Å²) in [5.41, 5.74) is 0. The van der Waals surface area contributed by atoms with Gasteiger partial charge in [-0.05, 0) is 57.8 Å². The lowest BCUT2D eigenvalue weighted by Gasteiger charge is -2.48. The van der Waals surface area contributed by atoms with Gasteiger partial charge in [0.15, 0.2) is 18.9 Å². The Labute approximate surface area is 579 Å². The number of hydrogen-bond acceptors (Lipinski definition) is 18. The number of allylic oxidation sites excluding steroid dienone is 10. The van der Waals surface area contributed by atoms with E-state index in [1.807, 2.05) is 0 Å². The fourth-order valence-electron chi connectivity index (χ4n) is 12.9. The van der Waals surface area contributed by atoms with E-state index in [0.29, 0.717) is 12.8 Å². The van der Waals surface area contributed by atoms with Crippen molar-refractivity contribution in [2.75, 3.05) is 26.4 Å². The van der Waals surface area contributed by atoms with Gasteiger partial charge in [-0.3, -0.25) is 4.79 Å². The summed E-state index contributed by atoms with van der Waals surface area (Å²) in [5, 5.41) is 121. The number of amides is 1. The predicted molar refractivity (Wildman–Crippen MR) is 379 cm³/mol. The number of aliphatic hydroxyl groups is 11. The van der Waals surface area contributed by atoms with Crippen LogP contribution in [0.15, 0.2) is 60.8 Å². The van der Waals surface area contributed by atoms with Gasteiger partial charge in [-0.1, -0.05) is 286 Å². The van der Waals surface area contributed by atoms with Crippen LogP contribution in [0.2, 0.25) is 0 Å². The zero-order valence-corrected chi connectivity index (χ0v) is 59.6. The highest BCUT2D eigenvalue weighted by Gasteiger charge is 2.53. The van der Waals surface area contributed by atoms with Gasteiger partial charge in [0.05, 0.1) is 38.6 Å². The highest BCUT2D eigenvalue weighted by Crippen LogP contribution is 2.33. The Kier molecular flexibility index (Phi) is 53.0. The molecule has 0 spiro atoms. The third-order valence-corrected chi connectivity index (χ3v) is 19.1.